The Labute approximate surface area is 125 Å². The van der Waals surface area contributed by atoms with Crippen molar-refractivity contribution >= 4 is 44.4 Å². The monoisotopic (exact) mass is 301 g/mol. The molecule has 5 nitrogen and oxygen atoms in total. The molecule has 21 heavy (non-hydrogen) atoms. The van der Waals surface area contributed by atoms with Crippen molar-refractivity contribution in [2.45, 2.75) is 6.92 Å². The van der Waals surface area contributed by atoms with E-state index in [0.717, 1.165) is 22.0 Å². The third kappa shape index (κ3) is 2.50. The number of fused-ring (bicyclic) bond motifs is 3. The molecule has 0 unspecified atom stereocenters. The molecule has 1 aromatic carbocycles. The molecule has 3 N–H and O–H groups in total. The van der Waals surface area contributed by atoms with Gasteiger partial charge in [0, 0.05) is 45.0 Å². The summed E-state index contributed by atoms with van der Waals surface area (Å²) in [6.45, 7) is 3.30. The van der Waals surface area contributed by atoms with Crippen LogP contribution in [0.2, 0.25) is 0 Å². The first kappa shape index (κ1) is 13.6. The molecule has 0 atom stereocenters. The molecule has 3 aromatic rings. The molecule has 0 fully saturated rings. The fourth-order valence-corrected chi connectivity index (χ4v) is 3.54. The third-order valence-electron chi connectivity index (χ3n) is 3.39. The number of aromatic amines is 1. The van der Waals surface area contributed by atoms with E-state index >= 15 is 0 Å². The van der Waals surface area contributed by atoms with E-state index in [1.807, 2.05) is 18.2 Å². The first-order valence-corrected chi connectivity index (χ1v) is 7.48. The highest BCUT2D eigenvalue weighted by molar-refractivity contribution is 7.19. The van der Waals surface area contributed by atoms with Crippen molar-refractivity contribution in [2.75, 3.05) is 18.4 Å². The highest BCUT2D eigenvalue weighted by Crippen LogP contribution is 2.38. The number of hydrogen-bond donors (Lipinski definition) is 3. The topological polar surface area (TPSA) is 74.0 Å². The summed E-state index contributed by atoms with van der Waals surface area (Å²) < 4.78 is 1.18. The van der Waals surface area contributed by atoms with Gasteiger partial charge in [0.2, 0.25) is 12.0 Å². The van der Waals surface area contributed by atoms with Gasteiger partial charge >= 0.3 is 0 Å². The largest absolute Gasteiger partial charge is 0.382 e. The van der Waals surface area contributed by atoms with Crippen molar-refractivity contribution in [2.24, 2.45) is 0 Å². The Bertz CT molecular complexity index is 866. The second-order valence-corrected chi connectivity index (χ2v) is 6.01. The average Bonchev–Trinajstić information content (AvgIpc) is 2.79. The van der Waals surface area contributed by atoms with Gasteiger partial charge in [0.1, 0.15) is 0 Å². The van der Waals surface area contributed by atoms with E-state index in [9.17, 15) is 9.59 Å². The number of aromatic nitrogens is 1. The number of anilines is 1. The number of rotatable bonds is 5. The highest BCUT2D eigenvalue weighted by Gasteiger charge is 2.12. The number of nitrogens with one attached hydrogen (secondary N) is 3. The summed E-state index contributed by atoms with van der Waals surface area (Å²) >= 11 is 1.72. The van der Waals surface area contributed by atoms with E-state index in [-0.39, 0.29) is 5.56 Å². The lowest BCUT2D eigenvalue weighted by Crippen LogP contribution is -2.20. The first-order chi connectivity index (χ1) is 10.2. The van der Waals surface area contributed by atoms with Gasteiger partial charge in [-0.15, -0.1) is 11.3 Å². The molecule has 0 aliphatic heterocycles. The van der Waals surface area contributed by atoms with Crippen LogP contribution >= 0.6 is 11.3 Å². The van der Waals surface area contributed by atoms with E-state index in [1.165, 1.54) is 9.58 Å². The summed E-state index contributed by atoms with van der Waals surface area (Å²) in [5.41, 5.74) is 1.81. The van der Waals surface area contributed by atoms with Crippen molar-refractivity contribution < 1.29 is 4.79 Å². The number of pyridine rings is 1. The van der Waals surface area contributed by atoms with E-state index in [2.05, 4.69) is 22.5 Å². The lowest BCUT2D eigenvalue weighted by Gasteiger charge is -2.08. The van der Waals surface area contributed by atoms with Crippen molar-refractivity contribution in [3.8, 4) is 0 Å². The number of hydrogen-bond acceptors (Lipinski definition) is 4. The molecule has 2 aromatic heterocycles. The molecule has 3 rings (SSSR count). The summed E-state index contributed by atoms with van der Waals surface area (Å²) in [5, 5.41) is 8.16. The highest BCUT2D eigenvalue weighted by atomic mass is 32.1. The Morgan fingerprint density at radius 3 is 2.90 bits per heavy atom. The molecule has 0 saturated carbocycles. The fourth-order valence-electron chi connectivity index (χ4n) is 2.48. The van der Waals surface area contributed by atoms with E-state index in [4.69, 9.17) is 0 Å². The van der Waals surface area contributed by atoms with Crippen molar-refractivity contribution in [1.29, 1.82) is 0 Å². The smallest absolute Gasteiger partial charge is 0.248 e. The number of carbonyl (C=O) groups is 1. The number of thiophene rings is 1. The maximum absolute atomic E-state index is 11.4. The van der Waals surface area contributed by atoms with Gasteiger partial charge in [-0.3, -0.25) is 9.59 Å². The number of H-pyrrole nitrogens is 1. The standard InChI is InChI=1S/C15H15N3O2S/c1-9-15(17-7-6-16-8-19)14-10-2-5-13(20)18-11(10)3-4-12(14)21-9/h2-5,8,17H,6-7H2,1H3,(H,16,19)(H,18,20). The Hall–Kier alpha value is -2.34. The summed E-state index contributed by atoms with van der Waals surface area (Å²) in [7, 11) is 0. The second-order valence-electron chi connectivity index (χ2n) is 4.75. The average molecular weight is 301 g/mol. The van der Waals surface area contributed by atoms with Crippen LogP contribution in [0, 0.1) is 6.92 Å². The van der Waals surface area contributed by atoms with Crippen LogP contribution in [0.25, 0.3) is 21.0 Å². The van der Waals surface area contributed by atoms with Gasteiger partial charge in [-0.25, -0.2) is 0 Å². The van der Waals surface area contributed by atoms with Crippen LogP contribution < -0.4 is 16.2 Å². The normalized spacial score (nSPS) is 10.9. The van der Waals surface area contributed by atoms with Crippen LogP contribution in [-0.4, -0.2) is 24.5 Å². The zero-order chi connectivity index (χ0) is 14.8. The lowest BCUT2D eigenvalue weighted by molar-refractivity contribution is -0.109. The Kier molecular flexibility index (Phi) is 3.62. The molecule has 0 aliphatic rings. The molecule has 6 heteroatoms. The molecule has 108 valence electrons. The van der Waals surface area contributed by atoms with Crippen molar-refractivity contribution in [3.63, 3.8) is 0 Å². The van der Waals surface area contributed by atoms with Crippen LogP contribution in [-0.2, 0) is 4.79 Å². The third-order valence-corrected chi connectivity index (χ3v) is 4.46. The quantitative estimate of drug-likeness (QED) is 0.499. The summed E-state index contributed by atoms with van der Waals surface area (Å²) in [4.78, 5) is 25.8. The predicted molar refractivity (Wildman–Crippen MR) is 87.2 cm³/mol. The first-order valence-electron chi connectivity index (χ1n) is 6.67. The van der Waals surface area contributed by atoms with Gasteiger partial charge in [0.15, 0.2) is 0 Å². The summed E-state index contributed by atoms with van der Waals surface area (Å²) in [6.07, 6.45) is 0.695. The molecule has 2 heterocycles. The minimum absolute atomic E-state index is 0.0986. The van der Waals surface area contributed by atoms with Gasteiger partial charge in [0.05, 0.1) is 5.69 Å². The lowest BCUT2D eigenvalue weighted by atomic mass is 10.1. The molecule has 0 saturated heterocycles. The fraction of sp³-hybridized carbons (Fsp3) is 0.200. The van der Waals surface area contributed by atoms with Gasteiger partial charge in [0.25, 0.3) is 0 Å². The van der Waals surface area contributed by atoms with Gasteiger partial charge in [-0.05, 0) is 25.1 Å². The molecule has 1 amide bonds. The van der Waals surface area contributed by atoms with Crippen LogP contribution in [0.15, 0.2) is 29.1 Å². The zero-order valence-corrected chi connectivity index (χ0v) is 12.3. The number of benzene rings is 1. The van der Waals surface area contributed by atoms with Crippen molar-refractivity contribution in [3.05, 3.63) is 39.5 Å². The molecule has 0 spiro atoms. The van der Waals surface area contributed by atoms with Gasteiger partial charge in [-0.1, -0.05) is 0 Å². The summed E-state index contributed by atoms with van der Waals surface area (Å²) in [6, 6.07) is 7.37. The van der Waals surface area contributed by atoms with E-state index < -0.39 is 0 Å². The SMILES string of the molecule is Cc1sc2ccc3[nH]c(=O)ccc3c2c1NCCNC=O. The predicted octanol–water partition coefficient (Wildman–Crippen LogP) is 2.21. The molecule has 0 radical (unpaired) electrons. The maximum atomic E-state index is 11.4. The van der Waals surface area contributed by atoms with E-state index in [0.29, 0.717) is 19.5 Å². The maximum Gasteiger partial charge on any atom is 0.248 e. The van der Waals surface area contributed by atoms with Gasteiger partial charge in [-0.2, -0.15) is 0 Å². The molecular formula is C15H15N3O2S. The summed E-state index contributed by atoms with van der Waals surface area (Å²) in [5.74, 6) is 0. The van der Waals surface area contributed by atoms with Crippen LogP contribution in [0.3, 0.4) is 0 Å². The Morgan fingerprint density at radius 1 is 1.24 bits per heavy atom. The molecule has 0 bridgehead atoms. The van der Waals surface area contributed by atoms with Crippen LogP contribution in [0.4, 0.5) is 5.69 Å². The number of carbonyl (C=O) groups excluding carboxylic acids is 1. The Balaban J connectivity index is 2.11. The zero-order valence-electron chi connectivity index (χ0n) is 11.5. The second kappa shape index (κ2) is 5.57. The number of amides is 1. The number of aryl methyl sites for hydroxylation is 1. The van der Waals surface area contributed by atoms with Crippen LogP contribution in [0.5, 0.6) is 0 Å². The van der Waals surface area contributed by atoms with E-state index in [1.54, 1.807) is 17.4 Å². The minimum Gasteiger partial charge on any atom is -0.382 e. The minimum atomic E-state index is -0.0986. The molecular weight excluding hydrogens is 286 g/mol. The van der Waals surface area contributed by atoms with Gasteiger partial charge < -0.3 is 15.6 Å². The van der Waals surface area contributed by atoms with Crippen molar-refractivity contribution in [1.82, 2.24) is 10.3 Å². The Morgan fingerprint density at radius 2 is 2.10 bits per heavy atom. The molecule has 0 aliphatic carbocycles. The van der Waals surface area contributed by atoms with Crippen LogP contribution in [0.1, 0.15) is 4.88 Å².